The van der Waals surface area contributed by atoms with Gasteiger partial charge in [-0.05, 0) is 12.5 Å². The first kappa shape index (κ1) is 15.4. The van der Waals surface area contributed by atoms with Crippen LogP contribution < -0.4 is 11.2 Å². The van der Waals surface area contributed by atoms with Gasteiger partial charge in [-0.15, -0.1) is 0 Å². The van der Waals surface area contributed by atoms with E-state index in [0.717, 1.165) is 19.3 Å². The van der Waals surface area contributed by atoms with Gasteiger partial charge in [-0.25, -0.2) is 4.79 Å². The van der Waals surface area contributed by atoms with E-state index in [-0.39, 0.29) is 11.4 Å². The summed E-state index contributed by atoms with van der Waals surface area (Å²) in [6.07, 6.45) is 2.68. The van der Waals surface area contributed by atoms with Gasteiger partial charge in [0.15, 0.2) is 0 Å². The summed E-state index contributed by atoms with van der Waals surface area (Å²) < 4.78 is 1.18. The van der Waals surface area contributed by atoms with Crippen molar-refractivity contribution < 1.29 is 5.11 Å². The Balaban J connectivity index is 2.57. The van der Waals surface area contributed by atoms with Crippen molar-refractivity contribution >= 4 is 11.6 Å². The number of nitrogens with one attached hydrogen (secondary N) is 1. The minimum Gasteiger partial charge on any atom is -0.494 e. The highest BCUT2D eigenvalue weighted by Crippen LogP contribution is 2.30. The van der Waals surface area contributed by atoms with E-state index in [0.29, 0.717) is 17.1 Å². The molecule has 0 bridgehead atoms. The molecule has 0 aliphatic heterocycles. The number of nitrogens with zero attached hydrogens (tertiary/aromatic N) is 1. The van der Waals surface area contributed by atoms with E-state index in [4.69, 9.17) is 11.6 Å². The summed E-state index contributed by atoms with van der Waals surface area (Å²) in [6.45, 7) is 2.40. The van der Waals surface area contributed by atoms with Gasteiger partial charge in [0, 0.05) is 17.1 Å². The fourth-order valence-corrected chi connectivity index (χ4v) is 2.42. The Hall–Kier alpha value is -2.01. The van der Waals surface area contributed by atoms with Gasteiger partial charge in [0.05, 0.1) is 0 Å². The molecule has 0 atom stereocenters. The Morgan fingerprint density at radius 2 is 1.95 bits per heavy atom. The molecule has 0 aliphatic carbocycles. The summed E-state index contributed by atoms with van der Waals surface area (Å²) in [5.41, 5.74) is -0.819. The zero-order valence-electron chi connectivity index (χ0n) is 11.7. The lowest BCUT2D eigenvalue weighted by atomic mass is 10.1. The van der Waals surface area contributed by atoms with Crippen LogP contribution in [0.1, 0.15) is 26.2 Å². The molecule has 0 amide bonds. The van der Waals surface area contributed by atoms with Crippen molar-refractivity contribution in [1.82, 2.24) is 9.55 Å². The topological polar surface area (TPSA) is 75.1 Å². The first-order valence-corrected chi connectivity index (χ1v) is 7.25. The zero-order valence-corrected chi connectivity index (χ0v) is 12.5. The van der Waals surface area contributed by atoms with Gasteiger partial charge < -0.3 is 5.11 Å². The molecule has 2 N–H and O–H groups in total. The third-order valence-electron chi connectivity index (χ3n) is 3.30. The fraction of sp³-hybridized carbons (Fsp3) is 0.333. The predicted octanol–water partition coefficient (Wildman–Crippen LogP) is 2.75. The van der Waals surface area contributed by atoms with E-state index >= 15 is 0 Å². The van der Waals surface area contributed by atoms with Crippen LogP contribution in [0.25, 0.3) is 11.1 Å². The number of unbranched alkanes of at least 4 members (excludes halogenated alkanes) is 2. The Kier molecular flexibility index (Phi) is 4.85. The summed E-state index contributed by atoms with van der Waals surface area (Å²) in [6, 6.07) is 6.71. The summed E-state index contributed by atoms with van der Waals surface area (Å²) in [5.74, 6) is -0.340. The van der Waals surface area contributed by atoms with Gasteiger partial charge in [0.2, 0.25) is 5.88 Å². The first-order chi connectivity index (χ1) is 10.1. The number of aromatic hydroxyl groups is 1. The lowest BCUT2D eigenvalue weighted by Gasteiger charge is -2.12. The van der Waals surface area contributed by atoms with Gasteiger partial charge in [-0.3, -0.25) is 14.3 Å². The van der Waals surface area contributed by atoms with Crippen LogP contribution in [-0.2, 0) is 6.54 Å². The highest BCUT2D eigenvalue weighted by atomic mass is 35.5. The largest absolute Gasteiger partial charge is 0.494 e. The van der Waals surface area contributed by atoms with Crippen LogP contribution in [0.4, 0.5) is 0 Å². The molecule has 1 aromatic carbocycles. The molecule has 21 heavy (non-hydrogen) atoms. The molecule has 1 aromatic heterocycles. The van der Waals surface area contributed by atoms with Crippen molar-refractivity contribution in [2.24, 2.45) is 0 Å². The molecule has 2 aromatic rings. The summed E-state index contributed by atoms with van der Waals surface area (Å²) in [5, 5.41) is 10.7. The second-order valence-electron chi connectivity index (χ2n) is 4.80. The van der Waals surface area contributed by atoms with E-state index in [9.17, 15) is 14.7 Å². The van der Waals surface area contributed by atoms with E-state index in [2.05, 4.69) is 4.98 Å². The Morgan fingerprint density at radius 3 is 2.62 bits per heavy atom. The molecular formula is C15H17ClN2O3. The monoisotopic (exact) mass is 308 g/mol. The maximum Gasteiger partial charge on any atom is 0.331 e. The van der Waals surface area contributed by atoms with Crippen LogP contribution in [0, 0.1) is 0 Å². The number of rotatable bonds is 5. The third-order valence-corrected chi connectivity index (χ3v) is 3.63. The SMILES string of the molecule is CCCCCn1c(O)c(-c2ccccc2Cl)c(=O)[nH]c1=O. The van der Waals surface area contributed by atoms with Crippen molar-refractivity contribution in [2.75, 3.05) is 0 Å². The second kappa shape index (κ2) is 6.63. The van der Waals surface area contributed by atoms with E-state index in [1.807, 2.05) is 6.92 Å². The number of halogens is 1. The molecule has 0 saturated heterocycles. The Morgan fingerprint density at radius 1 is 1.24 bits per heavy atom. The summed E-state index contributed by atoms with van der Waals surface area (Å²) in [4.78, 5) is 26.1. The maximum absolute atomic E-state index is 12.0. The van der Waals surface area contributed by atoms with Crippen LogP contribution in [0.2, 0.25) is 5.02 Å². The first-order valence-electron chi connectivity index (χ1n) is 6.87. The van der Waals surface area contributed by atoms with E-state index < -0.39 is 11.2 Å². The highest BCUT2D eigenvalue weighted by Gasteiger charge is 2.17. The van der Waals surface area contributed by atoms with Crippen LogP contribution >= 0.6 is 11.6 Å². The summed E-state index contributed by atoms with van der Waals surface area (Å²) >= 11 is 6.07. The van der Waals surface area contributed by atoms with E-state index in [1.165, 1.54) is 4.57 Å². The average molecular weight is 309 g/mol. The average Bonchev–Trinajstić information content (AvgIpc) is 2.44. The third kappa shape index (κ3) is 3.19. The van der Waals surface area contributed by atoms with Crippen molar-refractivity contribution in [2.45, 2.75) is 32.7 Å². The number of aromatic nitrogens is 2. The molecule has 1 heterocycles. The van der Waals surface area contributed by atoms with Crippen LogP contribution in [-0.4, -0.2) is 14.7 Å². The number of benzene rings is 1. The smallest absolute Gasteiger partial charge is 0.331 e. The van der Waals surface area contributed by atoms with Crippen LogP contribution in [0.3, 0.4) is 0 Å². The van der Waals surface area contributed by atoms with Crippen molar-refractivity contribution in [3.63, 3.8) is 0 Å². The quantitative estimate of drug-likeness (QED) is 0.834. The summed E-state index contributed by atoms with van der Waals surface area (Å²) in [7, 11) is 0. The molecule has 0 aliphatic rings. The molecule has 0 radical (unpaired) electrons. The molecule has 112 valence electrons. The number of hydrogen-bond donors (Lipinski definition) is 2. The molecular weight excluding hydrogens is 292 g/mol. The minimum absolute atomic E-state index is 0.0247. The van der Waals surface area contributed by atoms with Crippen molar-refractivity contribution in [3.8, 4) is 17.0 Å². The molecule has 0 spiro atoms. The molecule has 0 saturated carbocycles. The van der Waals surface area contributed by atoms with Crippen molar-refractivity contribution in [1.29, 1.82) is 0 Å². The van der Waals surface area contributed by atoms with Gasteiger partial charge >= 0.3 is 5.69 Å². The van der Waals surface area contributed by atoms with Gasteiger partial charge in [0.1, 0.15) is 5.56 Å². The zero-order chi connectivity index (χ0) is 15.4. The lowest BCUT2D eigenvalue weighted by Crippen LogP contribution is -2.31. The highest BCUT2D eigenvalue weighted by molar-refractivity contribution is 6.33. The van der Waals surface area contributed by atoms with Crippen LogP contribution in [0.5, 0.6) is 5.88 Å². The maximum atomic E-state index is 12.0. The fourth-order valence-electron chi connectivity index (χ4n) is 2.19. The van der Waals surface area contributed by atoms with Crippen molar-refractivity contribution in [3.05, 3.63) is 50.1 Å². The van der Waals surface area contributed by atoms with Crippen LogP contribution in [0.15, 0.2) is 33.9 Å². The molecule has 0 unspecified atom stereocenters. The molecule has 6 heteroatoms. The standard InChI is InChI=1S/C15H17ClN2O3/c1-2-3-6-9-18-14(20)12(13(19)17-15(18)21)10-7-4-5-8-11(10)16/h4-5,7-8,20H,2-3,6,9H2,1H3,(H,17,19,21). The van der Waals surface area contributed by atoms with Gasteiger partial charge in [-0.2, -0.15) is 0 Å². The molecule has 2 rings (SSSR count). The van der Waals surface area contributed by atoms with Gasteiger partial charge in [0.25, 0.3) is 5.56 Å². The lowest BCUT2D eigenvalue weighted by molar-refractivity contribution is 0.396. The molecule has 0 fully saturated rings. The minimum atomic E-state index is -0.641. The molecule has 5 nitrogen and oxygen atoms in total. The number of H-pyrrole nitrogens is 1. The second-order valence-corrected chi connectivity index (χ2v) is 5.20. The number of hydrogen-bond acceptors (Lipinski definition) is 3. The Labute approximate surface area is 126 Å². The van der Waals surface area contributed by atoms with E-state index in [1.54, 1.807) is 24.3 Å². The van der Waals surface area contributed by atoms with Gasteiger partial charge in [-0.1, -0.05) is 49.6 Å². The Bertz CT molecular complexity index is 749. The predicted molar refractivity (Wildman–Crippen MR) is 83.0 cm³/mol. The number of aromatic amines is 1. The normalized spacial score (nSPS) is 10.8.